The molecule has 1 aromatic rings. The Morgan fingerprint density at radius 3 is 1.25 bits per heavy atom. The molecule has 4 aliphatic rings. The number of phenols is 1. The number of nitrogens with two attached hydrogens (primary N) is 1. The minimum atomic E-state index is 0.205. The Labute approximate surface area is 140 Å². The van der Waals surface area contributed by atoms with E-state index in [0.29, 0.717) is 5.75 Å². The maximum atomic E-state index is 11.0. The summed E-state index contributed by atoms with van der Waals surface area (Å²) in [6, 6.07) is 0. The van der Waals surface area contributed by atoms with E-state index in [-0.39, 0.29) is 24.4 Å². The van der Waals surface area contributed by atoms with Crippen molar-refractivity contribution >= 4 is 5.69 Å². The fourth-order valence-corrected chi connectivity index (χ4v) is 3.54. The quantitative estimate of drug-likeness (QED) is 0.414. The van der Waals surface area contributed by atoms with Crippen molar-refractivity contribution in [2.24, 2.45) is 0 Å². The van der Waals surface area contributed by atoms with Crippen molar-refractivity contribution in [3.63, 3.8) is 0 Å². The third kappa shape index (κ3) is 3.11. The van der Waals surface area contributed by atoms with Crippen LogP contribution < -0.4 is 5.73 Å². The van der Waals surface area contributed by atoms with Crippen LogP contribution in [0.3, 0.4) is 0 Å². The highest BCUT2D eigenvalue weighted by Crippen LogP contribution is 2.42. The zero-order chi connectivity index (χ0) is 16.3. The summed E-state index contributed by atoms with van der Waals surface area (Å²) in [5.41, 5.74) is 11.4. The molecule has 0 radical (unpaired) electrons. The highest BCUT2D eigenvalue weighted by atomic mass is 16.6. The standard InChI is InChI=1S/C18H23NO5/c19-17-13(1-9-5-21-9)15(3-11-7-23-11)18(20)16(4-12-8-24-12)14(17)2-10-6-22-10/h9-12,20H,1-8,19H2. The van der Waals surface area contributed by atoms with Gasteiger partial charge in [0.1, 0.15) is 5.75 Å². The SMILES string of the molecule is Nc1c(CC2CO2)c(CC2CO2)c(O)c(CC2CO2)c1CC1CO1. The lowest BCUT2D eigenvalue weighted by atomic mass is 9.86. The second kappa shape index (κ2) is 5.59. The van der Waals surface area contributed by atoms with Crippen molar-refractivity contribution in [2.45, 2.75) is 50.1 Å². The van der Waals surface area contributed by atoms with Gasteiger partial charge in [0.05, 0.1) is 50.8 Å². The Bertz CT molecular complexity index is 550. The molecule has 0 aromatic heterocycles. The summed E-state index contributed by atoms with van der Waals surface area (Å²) in [5.74, 6) is 0.390. The minimum absolute atomic E-state index is 0.205. The van der Waals surface area contributed by atoms with E-state index in [2.05, 4.69) is 0 Å². The molecule has 4 fully saturated rings. The van der Waals surface area contributed by atoms with E-state index >= 15 is 0 Å². The number of benzene rings is 1. The van der Waals surface area contributed by atoms with E-state index in [1.54, 1.807) is 0 Å². The van der Waals surface area contributed by atoms with Gasteiger partial charge >= 0.3 is 0 Å². The van der Waals surface area contributed by atoms with Gasteiger partial charge in [-0.05, 0) is 11.1 Å². The fraction of sp³-hybridized carbons (Fsp3) is 0.667. The van der Waals surface area contributed by atoms with Crippen molar-refractivity contribution in [3.05, 3.63) is 22.3 Å². The number of aromatic hydroxyl groups is 1. The van der Waals surface area contributed by atoms with E-state index in [1.807, 2.05) is 0 Å². The molecule has 3 N–H and O–H groups in total. The highest BCUT2D eigenvalue weighted by Gasteiger charge is 2.36. The smallest absolute Gasteiger partial charge is 0.122 e. The molecular formula is C18H23NO5. The van der Waals surface area contributed by atoms with E-state index in [4.69, 9.17) is 24.7 Å². The lowest BCUT2D eigenvalue weighted by Crippen LogP contribution is -2.14. The van der Waals surface area contributed by atoms with Crippen LogP contribution >= 0.6 is 0 Å². The molecule has 4 unspecified atom stereocenters. The van der Waals surface area contributed by atoms with E-state index in [9.17, 15) is 5.11 Å². The number of rotatable bonds is 8. The summed E-state index contributed by atoms with van der Waals surface area (Å²) in [5, 5.41) is 11.0. The number of hydrogen-bond donors (Lipinski definition) is 2. The number of epoxide rings is 4. The summed E-state index contributed by atoms with van der Waals surface area (Å²) >= 11 is 0. The van der Waals surface area contributed by atoms with E-state index in [1.165, 1.54) is 0 Å². The van der Waals surface area contributed by atoms with Gasteiger partial charge in [-0.1, -0.05) is 0 Å². The molecule has 4 aliphatic heterocycles. The first-order valence-electron chi connectivity index (χ1n) is 8.79. The van der Waals surface area contributed by atoms with Crippen molar-refractivity contribution in [3.8, 4) is 5.75 Å². The number of ether oxygens (including phenoxy) is 4. The van der Waals surface area contributed by atoms with Crippen LogP contribution in [0.5, 0.6) is 5.75 Å². The summed E-state index contributed by atoms with van der Waals surface area (Å²) in [6.07, 6.45) is 3.84. The maximum absolute atomic E-state index is 11.0. The van der Waals surface area contributed by atoms with Crippen molar-refractivity contribution in [2.75, 3.05) is 32.2 Å². The van der Waals surface area contributed by atoms with Gasteiger partial charge in [0.15, 0.2) is 0 Å². The molecule has 0 spiro atoms. The van der Waals surface area contributed by atoms with Crippen LogP contribution in [0.15, 0.2) is 0 Å². The van der Waals surface area contributed by atoms with E-state index < -0.39 is 0 Å². The maximum Gasteiger partial charge on any atom is 0.122 e. The Morgan fingerprint density at radius 1 is 0.667 bits per heavy atom. The van der Waals surface area contributed by atoms with Crippen molar-refractivity contribution < 1.29 is 24.1 Å². The third-order valence-corrected chi connectivity index (χ3v) is 5.29. The Kier molecular flexibility index (Phi) is 3.49. The summed E-state index contributed by atoms with van der Waals surface area (Å²) in [7, 11) is 0. The lowest BCUT2D eigenvalue weighted by Gasteiger charge is -2.21. The predicted molar refractivity (Wildman–Crippen MR) is 86.3 cm³/mol. The lowest BCUT2D eigenvalue weighted by molar-refractivity contribution is 0.388. The van der Waals surface area contributed by atoms with Gasteiger partial charge in [0.25, 0.3) is 0 Å². The molecule has 6 nitrogen and oxygen atoms in total. The average Bonchev–Trinajstić information content (AvgIpc) is 3.42. The van der Waals surface area contributed by atoms with Gasteiger partial charge in [-0.15, -0.1) is 0 Å². The number of hydrogen-bond acceptors (Lipinski definition) is 6. The van der Waals surface area contributed by atoms with E-state index in [0.717, 1.165) is 80.1 Å². The molecule has 4 heterocycles. The summed E-state index contributed by atoms with van der Waals surface area (Å²) in [6.45, 7) is 3.07. The monoisotopic (exact) mass is 333 g/mol. The predicted octanol–water partition coefficient (Wildman–Crippen LogP) is 0.740. The molecular weight excluding hydrogens is 310 g/mol. The molecule has 6 heteroatoms. The van der Waals surface area contributed by atoms with Crippen LogP contribution in [0.25, 0.3) is 0 Å². The molecule has 5 rings (SSSR count). The van der Waals surface area contributed by atoms with Crippen LogP contribution in [0, 0.1) is 0 Å². The van der Waals surface area contributed by atoms with Gasteiger partial charge in [-0.2, -0.15) is 0 Å². The molecule has 1 aromatic carbocycles. The zero-order valence-electron chi connectivity index (χ0n) is 13.6. The fourth-order valence-electron chi connectivity index (χ4n) is 3.54. The van der Waals surface area contributed by atoms with Gasteiger partial charge in [0.2, 0.25) is 0 Å². The van der Waals surface area contributed by atoms with Crippen LogP contribution in [0.4, 0.5) is 5.69 Å². The normalized spacial score (nSPS) is 32.7. The molecule has 0 amide bonds. The zero-order valence-corrected chi connectivity index (χ0v) is 13.6. The largest absolute Gasteiger partial charge is 0.507 e. The van der Waals surface area contributed by atoms with Gasteiger partial charge < -0.3 is 29.8 Å². The summed E-state index contributed by atoms with van der Waals surface area (Å²) in [4.78, 5) is 0. The van der Waals surface area contributed by atoms with Crippen LogP contribution in [0.1, 0.15) is 22.3 Å². The van der Waals surface area contributed by atoms with Gasteiger partial charge in [0, 0.05) is 42.5 Å². The van der Waals surface area contributed by atoms with Crippen molar-refractivity contribution in [1.82, 2.24) is 0 Å². The minimum Gasteiger partial charge on any atom is -0.507 e. The molecule has 0 aliphatic carbocycles. The second-order valence-corrected chi connectivity index (χ2v) is 7.31. The Balaban J connectivity index is 1.58. The van der Waals surface area contributed by atoms with Crippen LogP contribution in [-0.4, -0.2) is 55.9 Å². The molecule has 4 atom stereocenters. The first-order chi connectivity index (χ1) is 11.7. The van der Waals surface area contributed by atoms with Crippen molar-refractivity contribution in [1.29, 1.82) is 0 Å². The molecule has 0 saturated carbocycles. The molecule has 4 saturated heterocycles. The Morgan fingerprint density at radius 2 is 0.958 bits per heavy atom. The topological polar surface area (TPSA) is 96.4 Å². The number of phenolic OH excluding ortho intramolecular Hbond substituents is 1. The first-order valence-corrected chi connectivity index (χ1v) is 8.79. The van der Waals surface area contributed by atoms with Gasteiger partial charge in [-0.3, -0.25) is 0 Å². The first kappa shape index (κ1) is 15.0. The average molecular weight is 333 g/mol. The van der Waals surface area contributed by atoms with Gasteiger partial charge in [-0.25, -0.2) is 0 Å². The third-order valence-electron chi connectivity index (χ3n) is 5.29. The number of anilines is 1. The Hall–Kier alpha value is -1.34. The molecule has 24 heavy (non-hydrogen) atoms. The molecule has 130 valence electrons. The number of nitrogen functional groups attached to an aromatic ring is 1. The summed E-state index contributed by atoms with van der Waals surface area (Å²) < 4.78 is 21.6. The highest BCUT2D eigenvalue weighted by molar-refractivity contribution is 5.67. The van der Waals surface area contributed by atoms with Crippen LogP contribution in [-0.2, 0) is 44.6 Å². The van der Waals surface area contributed by atoms with Crippen LogP contribution in [0.2, 0.25) is 0 Å². The second-order valence-electron chi connectivity index (χ2n) is 7.31. The molecule has 0 bridgehead atoms.